The Kier molecular flexibility index (Phi) is 3.72. The minimum atomic E-state index is 0.136. The Labute approximate surface area is 114 Å². The lowest BCUT2D eigenvalue weighted by Crippen LogP contribution is -1.98. The maximum Gasteiger partial charge on any atom is 0.224 e. The van der Waals surface area contributed by atoms with Gasteiger partial charge in [0.25, 0.3) is 0 Å². The van der Waals surface area contributed by atoms with Gasteiger partial charge in [-0.15, -0.1) is 0 Å². The van der Waals surface area contributed by atoms with Crippen LogP contribution in [0.15, 0.2) is 24.4 Å². The molecule has 0 aliphatic heterocycles. The standard InChI is InChI=1S/C11H8Cl3N3/c1-6-7(12)3-2-4-9(6)16-10-8(13)5-15-11(14)17-10/h2-5H,1H3,(H,15,16,17). The largest absolute Gasteiger partial charge is 0.339 e. The van der Waals surface area contributed by atoms with Gasteiger partial charge in [0.2, 0.25) is 5.28 Å². The summed E-state index contributed by atoms with van der Waals surface area (Å²) in [5.41, 5.74) is 1.74. The number of rotatable bonds is 2. The van der Waals surface area contributed by atoms with Crippen molar-refractivity contribution in [2.24, 2.45) is 0 Å². The fourth-order valence-electron chi connectivity index (χ4n) is 1.30. The molecule has 0 saturated carbocycles. The molecule has 0 atom stereocenters. The molecule has 88 valence electrons. The Morgan fingerprint density at radius 2 is 1.88 bits per heavy atom. The highest BCUT2D eigenvalue weighted by Crippen LogP contribution is 2.28. The highest BCUT2D eigenvalue weighted by atomic mass is 35.5. The van der Waals surface area contributed by atoms with Gasteiger partial charge in [-0.1, -0.05) is 29.3 Å². The van der Waals surface area contributed by atoms with Gasteiger partial charge in [0.05, 0.1) is 6.20 Å². The minimum Gasteiger partial charge on any atom is -0.339 e. The van der Waals surface area contributed by atoms with Crippen LogP contribution in [-0.2, 0) is 0 Å². The normalized spacial score (nSPS) is 10.4. The van der Waals surface area contributed by atoms with E-state index < -0.39 is 0 Å². The first kappa shape index (κ1) is 12.4. The second-order valence-corrected chi connectivity index (χ2v) is 4.53. The third-order valence-electron chi connectivity index (χ3n) is 2.24. The van der Waals surface area contributed by atoms with E-state index in [0.29, 0.717) is 15.9 Å². The van der Waals surface area contributed by atoms with Crippen LogP contribution in [0, 0.1) is 6.92 Å². The number of nitrogens with zero attached hydrogens (tertiary/aromatic N) is 2. The number of benzene rings is 1. The van der Waals surface area contributed by atoms with E-state index in [9.17, 15) is 0 Å². The van der Waals surface area contributed by atoms with E-state index >= 15 is 0 Å². The Balaban J connectivity index is 2.38. The number of aromatic nitrogens is 2. The molecule has 2 aromatic rings. The molecule has 0 fully saturated rings. The van der Waals surface area contributed by atoms with Gasteiger partial charge in [0, 0.05) is 10.7 Å². The molecule has 1 heterocycles. The van der Waals surface area contributed by atoms with Crippen molar-refractivity contribution in [3.8, 4) is 0 Å². The fourth-order valence-corrected chi connectivity index (χ4v) is 1.75. The second-order valence-electron chi connectivity index (χ2n) is 3.37. The summed E-state index contributed by atoms with van der Waals surface area (Å²) in [6.07, 6.45) is 1.44. The van der Waals surface area contributed by atoms with E-state index in [2.05, 4.69) is 15.3 Å². The molecule has 1 N–H and O–H groups in total. The smallest absolute Gasteiger partial charge is 0.224 e. The number of nitrogens with one attached hydrogen (secondary N) is 1. The lowest BCUT2D eigenvalue weighted by Gasteiger charge is -2.10. The highest BCUT2D eigenvalue weighted by Gasteiger charge is 2.07. The second kappa shape index (κ2) is 5.08. The maximum absolute atomic E-state index is 6.02. The summed E-state index contributed by atoms with van der Waals surface area (Å²) in [5, 5.41) is 4.28. The average molecular weight is 289 g/mol. The molecule has 1 aromatic carbocycles. The Morgan fingerprint density at radius 1 is 1.12 bits per heavy atom. The fraction of sp³-hybridized carbons (Fsp3) is 0.0909. The van der Waals surface area contributed by atoms with Crippen molar-refractivity contribution in [2.75, 3.05) is 5.32 Å². The van der Waals surface area contributed by atoms with Crippen LogP contribution in [0.2, 0.25) is 15.3 Å². The molecule has 6 heteroatoms. The molecule has 0 bridgehead atoms. The first-order valence-electron chi connectivity index (χ1n) is 4.78. The van der Waals surface area contributed by atoms with E-state index in [1.165, 1.54) is 6.20 Å². The maximum atomic E-state index is 6.02. The molecule has 2 rings (SSSR count). The van der Waals surface area contributed by atoms with Crippen molar-refractivity contribution < 1.29 is 0 Å². The molecule has 0 unspecified atom stereocenters. The SMILES string of the molecule is Cc1c(Cl)cccc1Nc1nc(Cl)ncc1Cl. The third kappa shape index (κ3) is 2.80. The summed E-state index contributed by atoms with van der Waals surface area (Å²) in [6.45, 7) is 1.90. The highest BCUT2D eigenvalue weighted by molar-refractivity contribution is 6.34. The zero-order chi connectivity index (χ0) is 12.4. The van der Waals surface area contributed by atoms with Crippen LogP contribution in [0.25, 0.3) is 0 Å². The lowest BCUT2D eigenvalue weighted by molar-refractivity contribution is 1.17. The van der Waals surface area contributed by atoms with Gasteiger partial charge in [-0.2, -0.15) is 4.98 Å². The van der Waals surface area contributed by atoms with Crippen molar-refractivity contribution in [3.05, 3.63) is 45.3 Å². The predicted molar refractivity (Wildman–Crippen MR) is 71.5 cm³/mol. The first-order valence-corrected chi connectivity index (χ1v) is 5.91. The molecule has 1 aromatic heterocycles. The molecule has 0 saturated heterocycles. The van der Waals surface area contributed by atoms with Crippen LogP contribution in [0.3, 0.4) is 0 Å². The molecule has 0 spiro atoms. The third-order valence-corrected chi connectivity index (χ3v) is 3.10. The zero-order valence-corrected chi connectivity index (χ0v) is 11.1. The molecule has 0 aliphatic carbocycles. The quantitative estimate of drug-likeness (QED) is 0.827. The number of anilines is 2. The van der Waals surface area contributed by atoms with Crippen LogP contribution in [0.5, 0.6) is 0 Å². The van der Waals surface area contributed by atoms with Crippen LogP contribution in [0.4, 0.5) is 11.5 Å². The summed E-state index contributed by atoms with van der Waals surface area (Å²) >= 11 is 17.7. The van der Waals surface area contributed by atoms with Gasteiger partial charge in [0.15, 0.2) is 5.82 Å². The molecule has 0 amide bonds. The Morgan fingerprint density at radius 3 is 2.65 bits per heavy atom. The summed E-state index contributed by atoms with van der Waals surface area (Å²) in [4.78, 5) is 7.78. The Bertz CT molecular complexity index is 558. The van der Waals surface area contributed by atoms with E-state index in [0.717, 1.165) is 11.3 Å². The van der Waals surface area contributed by atoms with Gasteiger partial charge < -0.3 is 5.32 Å². The predicted octanol–water partition coefficient (Wildman–Crippen LogP) is 4.49. The number of halogens is 3. The van der Waals surface area contributed by atoms with Gasteiger partial charge in [-0.25, -0.2) is 4.98 Å². The van der Waals surface area contributed by atoms with Gasteiger partial charge in [0.1, 0.15) is 5.02 Å². The summed E-state index contributed by atoms with van der Waals surface area (Å²) in [7, 11) is 0. The van der Waals surface area contributed by atoms with Crippen molar-refractivity contribution in [1.29, 1.82) is 0 Å². The molecular formula is C11H8Cl3N3. The lowest BCUT2D eigenvalue weighted by atomic mass is 10.2. The van der Waals surface area contributed by atoms with Crippen LogP contribution >= 0.6 is 34.8 Å². The summed E-state index contributed by atoms with van der Waals surface area (Å²) in [5.74, 6) is 0.456. The number of hydrogen-bond acceptors (Lipinski definition) is 3. The van der Waals surface area contributed by atoms with Crippen LogP contribution in [0.1, 0.15) is 5.56 Å². The van der Waals surface area contributed by atoms with Crippen LogP contribution < -0.4 is 5.32 Å². The van der Waals surface area contributed by atoms with Gasteiger partial charge in [-0.05, 0) is 36.2 Å². The van der Waals surface area contributed by atoms with Gasteiger partial charge >= 0.3 is 0 Å². The van der Waals surface area contributed by atoms with Crippen molar-refractivity contribution >= 4 is 46.3 Å². The van der Waals surface area contributed by atoms with E-state index in [-0.39, 0.29) is 5.28 Å². The topological polar surface area (TPSA) is 37.8 Å². The van der Waals surface area contributed by atoms with Crippen LogP contribution in [-0.4, -0.2) is 9.97 Å². The van der Waals surface area contributed by atoms with Crippen molar-refractivity contribution in [1.82, 2.24) is 9.97 Å². The van der Waals surface area contributed by atoms with Crippen molar-refractivity contribution in [2.45, 2.75) is 6.92 Å². The summed E-state index contributed by atoms with van der Waals surface area (Å²) < 4.78 is 0. The molecule has 17 heavy (non-hydrogen) atoms. The van der Waals surface area contributed by atoms with Gasteiger partial charge in [-0.3, -0.25) is 0 Å². The van der Waals surface area contributed by atoms with E-state index in [4.69, 9.17) is 34.8 Å². The monoisotopic (exact) mass is 287 g/mol. The molecule has 3 nitrogen and oxygen atoms in total. The number of hydrogen-bond donors (Lipinski definition) is 1. The Hall–Kier alpha value is -1.03. The molecular weight excluding hydrogens is 281 g/mol. The van der Waals surface area contributed by atoms with E-state index in [1.807, 2.05) is 25.1 Å². The average Bonchev–Trinajstić information content (AvgIpc) is 2.30. The first-order chi connectivity index (χ1) is 8.08. The zero-order valence-electron chi connectivity index (χ0n) is 8.84. The van der Waals surface area contributed by atoms with Crippen molar-refractivity contribution in [3.63, 3.8) is 0 Å². The minimum absolute atomic E-state index is 0.136. The molecule has 0 aliphatic rings. The molecule has 0 radical (unpaired) electrons. The van der Waals surface area contributed by atoms with E-state index in [1.54, 1.807) is 0 Å². The summed E-state index contributed by atoms with van der Waals surface area (Å²) in [6, 6.07) is 5.54.